The van der Waals surface area contributed by atoms with E-state index < -0.39 is 5.41 Å². The molecule has 0 atom stereocenters. The number of rotatable bonds is 3. The SMILES string of the molecule is [C-]#[N+]c1c(OC(=O)C23CCC(C)(CC2)CC3)ccc(OC)c1C#N. The first-order chi connectivity index (χ1) is 11.5. The molecule has 0 heterocycles. The predicted octanol–water partition coefficient (Wildman–Crippen LogP) is 4.38. The summed E-state index contributed by atoms with van der Waals surface area (Å²) in [5.74, 6) is 0.205. The second-order valence-corrected chi connectivity index (χ2v) is 7.19. The van der Waals surface area contributed by atoms with E-state index in [1.807, 2.05) is 6.07 Å². The van der Waals surface area contributed by atoms with E-state index in [0.717, 1.165) is 38.5 Å². The third-order valence-electron chi connectivity index (χ3n) is 5.80. The van der Waals surface area contributed by atoms with Crippen molar-refractivity contribution in [3.63, 3.8) is 0 Å². The minimum absolute atomic E-state index is 0.0399. The number of carbonyl (C=O) groups is 1. The Balaban J connectivity index is 1.88. The van der Waals surface area contributed by atoms with Gasteiger partial charge in [-0.25, -0.2) is 4.85 Å². The van der Waals surface area contributed by atoms with Crippen LogP contribution in [-0.2, 0) is 4.79 Å². The van der Waals surface area contributed by atoms with Gasteiger partial charge in [0, 0.05) is 0 Å². The molecule has 5 nitrogen and oxygen atoms in total. The number of nitrogens with zero attached hydrogens (tertiary/aromatic N) is 2. The van der Waals surface area contributed by atoms with Gasteiger partial charge in [-0.05, 0) is 56.1 Å². The van der Waals surface area contributed by atoms with Gasteiger partial charge < -0.3 is 9.47 Å². The Morgan fingerprint density at radius 2 is 1.79 bits per heavy atom. The van der Waals surface area contributed by atoms with Gasteiger partial charge >= 0.3 is 5.97 Å². The largest absolute Gasteiger partial charge is 0.497 e. The van der Waals surface area contributed by atoms with Crippen molar-refractivity contribution >= 4 is 11.7 Å². The van der Waals surface area contributed by atoms with Crippen molar-refractivity contribution in [3.05, 3.63) is 29.1 Å². The summed E-state index contributed by atoms with van der Waals surface area (Å²) in [6.45, 7) is 9.64. The van der Waals surface area contributed by atoms with Crippen LogP contribution in [0.25, 0.3) is 4.85 Å². The van der Waals surface area contributed by atoms with Crippen molar-refractivity contribution in [2.75, 3.05) is 7.11 Å². The molecule has 3 fully saturated rings. The summed E-state index contributed by atoms with van der Waals surface area (Å²) < 4.78 is 10.7. The lowest BCUT2D eigenvalue weighted by Crippen LogP contribution is -2.46. The second-order valence-electron chi connectivity index (χ2n) is 7.19. The third kappa shape index (κ3) is 2.51. The normalized spacial score (nSPS) is 27.8. The summed E-state index contributed by atoms with van der Waals surface area (Å²) in [5.41, 5.74) is 0.0925. The quantitative estimate of drug-likeness (QED) is 0.470. The van der Waals surface area contributed by atoms with Gasteiger partial charge in [-0.1, -0.05) is 6.92 Å². The fourth-order valence-corrected chi connectivity index (χ4v) is 3.91. The first-order valence-corrected chi connectivity index (χ1v) is 8.18. The predicted molar refractivity (Wildman–Crippen MR) is 87.8 cm³/mol. The molecule has 5 heteroatoms. The van der Waals surface area contributed by atoms with Crippen molar-refractivity contribution in [3.8, 4) is 17.6 Å². The summed E-state index contributed by atoms with van der Waals surface area (Å²) in [7, 11) is 1.44. The van der Waals surface area contributed by atoms with Gasteiger partial charge in [0.25, 0.3) is 0 Å². The molecule has 0 amide bonds. The maximum atomic E-state index is 12.8. The summed E-state index contributed by atoms with van der Waals surface area (Å²) in [4.78, 5) is 16.2. The monoisotopic (exact) mass is 324 g/mol. The van der Waals surface area contributed by atoms with Gasteiger partial charge in [0.05, 0.1) is 25.2 Å². The number of carbonyl (C=O) groups excluding carboxylic acids is 1. The van der Waals surface area contributed by atoms with Crippen molar-refractivity contribution < 1.29 is 14.3 Å². The molecule has 0 N–H and O–H groups in total. The minimum Gasteiger partial charge on any atom is -0.497 e. The molecule has 124 valence electrons. The second kappa shape index (κ2) is 5.83. The highest BCUT2D eigenvalue weighted by molar-refractivity contribution is 5.83. The van der Waals surface area contributed by atoms with E-state index in [-0.39, 0.29) is 23.0 Å². The zero-order chi connectivity index (χ0) is 17.4. The van der Waals surface area contributed by atoms with Crippen molar-refractivity contribution in [2.45, 2.75) is 45.4 Å². The Labute approximate surface area is 142 Å². The number of methoxy groups -OCH3 is 1. The maximum absolute atomic E-state index is 12.8. The molecule has 0 aromatic heterocycles. The molecule has 1 aromatic carbocycles. The van der Waals surface area contributed by atoms with E-state index in [4.69, 9.17) is 16.0 Å². The summed E-state index contributed by atoms with van der Waals surface area (Å²) in [5, 5.41) is 9.29. The first kappa shape index (κ1) is 16.3. The fraction of sp³-hybridized carbons (Fsp3) is 0.526. The van der Waals surface area contributed by atoms with Crippen LogP contribution >= 0.6 is 0 Å². The van der Waals surface area contributed by atoms with E-state index in [9.17, 15) is 10.1 Å². The average molecular weight is 324 g/mol. The Morgan fingerprint density at radius 1 is 1.21 bits per heavy atom. The van der Waals surface area contributed by atoms with E-state index in [2.05, 4.69) is 11.8 Å². The minimum atomic E-state index is -0.427. The molecule has 3 aliphatic carbocycles. The van der Waals surface area contributed by atoms with Gasteiger partial charge in [-0.3, -0.25) is 4.79 Å². The summed E-state index contributed by atoms with van der Waals surface area (Å²) in [6, 6.07) is 5.07. The van der Waals surface area contributed by atoms with Gasteiger partial charge in [0.1, 0.15) is 17.1 Å². The van der Waals surface area contributed by atoms with E-state index in [1.54, 1.807) is 6.07 Å². The molecule has 0 radical (unpaired) electrons. The van der Waals surface area contributed by atoms with Crippen LogP contribution < -0.4 is 9.47 Å². The number of fused-ring (bicyclic) bond motifs is 3. The van der Waals surface area contributed by atoms with E-state index in [1.165, 1.54) is 13.2 Å². The summed E-state index contributed by atoms with van der Waals surface area (Å²) in [6.07, 6.45) is 5.67. The van der Waals surface area contributed by atoms with Crippen LogP contribution in [-0.4, -0.2) is 13.1 Å². The van der Waals surface area contributed by atoms with Gasteiger partial charge in [-0.15, -0.1) is 0 Å². The fourth-order valence-electron chi connectivity index (χ4n) is 3.91. The standard InChI is InChI=1S/C19H20N2O3/c1-18-6-9-19(10-7-18,11-8-18)17(22)24-15-5-4-14(23-3)13(12-20)16(15)21-2/h4-5H,6-11H2,1,3H3. The number of esters is 1. The lowest BCUT2D eigenvalue weighted by molar-refractivity contribution is -0.155. The van der Waals surface area contributed by atoms with Crippen LogP contribution in [0.15, 0.2) is 12.1 Å². The number of benzene rings is 1. The van der Waals surface area contributed by atoms with Gasteiger partial charge in [0.15, 0.2) is 0 Å². The Hall–Kier alpha value is -2.53. The smallest absolute Gasteiger partial charge is 0.316 e. The van der Waals surface area contributed by atoms with Crippen LogP contribution in [0.1, 0.15) is 51.0 Å². The molecule has 0 aliphatic heterocycles. The zero-order valence-corrected chi connectivity index (χ0v) is 14.0. The molecule has 0 spiro atoms. The highest BCUT2D eigenvalue weighted by Gasteiger charge is 2.51. The lowest BCUT2D eigenvalue weighted by atomic mass is 9.54. The van der Waals surface area contributed by atoms with Gasteiger partial charge in [0.2, 0.25) is 5.69 Å². The van der Waals surface area contributed by atoms with E-state index in [0.29, 0.717) is 11.2 Å². The molecule has 0 unspecified atom stereocenters. The summed E-state index contributed by atoms with van der Waals surface area (Å²) >= 11 is 0. The molecular formula is C19H20N2O3. The average Bonchev–Trinajstić information content (AvgIpc) is 2.61. The van der Waals surface area contributed by atoms with Crippen LogP contribution in [0.4, 0.5) is 5.69 Å². The molecule has 4 rings (SSSR count). The van der Waals surface area contributed by atoms with Crippen molar-refractivity contribution in [1.29, 1.82) is 5.26 Å². The lowest BCUT2D eigenvalue weighted by Gasteiger charge is -2.50. The highest BCUT2D eigenvalue weighted by Crippen LogP contribution is 2.57. The topological polar surface area (TPSA) is 63.7 Å². The number of hydrogen-bond acceptors (Lipinski definition) is 4. The third-order valence-corrected chi connectivity index (χ3v) is 5.80. The Bertz CT molecular complexity index is 746. The number of ether oxygens (including phenoxy) is 2. The van der Waals surface area contributed by atoms with Crippen molar-refractivity contribution in [2.24, 2.45) is 10.8 Å². The first-order valence-electron chi connectivity index (χ1n) is 8.18. The Kier molecular flexibility index (Phi) is 3.97. The van der Waals surface area contributed by atoms with E-state index >= 15 is 0 Å². The molecule has 0 saturated heterocycles. The maximum Gasteiger partial charge on any atom is 0.316 e. The van der Waals surface area contributed by atoms with Crippen LogP contribution in [0, 0.1) is 28.7 Å². The van der Waals surface area contributed by atoms with Crippen molar-refractivity contribution in [1.82, 2.24) is 0 Å². The molecule has 2 bridgehead atoms. The number of hydrogen-bond donors (Lipinski definition) is 0. The molecule has 3 saturated carbocycles. The van der Waals surface area contributed by atoms with Gasteiger partial charge in [-0.2, -0.15) is 5.26 Å². The molecule has 24 heavy (non-hydrogen) atoms. The molecule has 1 aromatic rings. The number of nitriles is 1. The van der Waals surface area contributed by atoms with Crippen LogP contribution in [0.3, 0.4) is 0 Å². The van der Waals surface area contributed by atoms with Crippen LogP contribution in [0.2, 0.25) is 0 Å². The Morgan fingerprint density at radius 3 is 2.29 bits per heavy atom. The highest BCUT2D eigenvalue weighted by atomic mass is 16.5. The zero-order valence-electron chi connectivity index (χ0n) is 14.0. The molecule has 3 aliphatic rings. The van der Waals surface area contributed by atoms with Crippen LogP contribution in [0.5, 0.6) is 11.5 Å². The molecular weight excluding hydrogens is 304 g/mol.